The van der Waals surface area contributed by atoms with E-state index in [1.807, 2.05) is 0 Å². The molecule has 25 heavy (non-hydrogen) atoms. The molecule has 4 aliphatic carbocycles. The number of hydrogen-bond acceptors (Lipinski definition) is 3. The second-order valence-corrected chi connectivity index (χ2v) is 10.6. The van der Waals surface area contributed by atoms with Crippen LogP contribution in [-0.4, -0.2) is 42.0 Å². The van der Waals surface area contributed by atoms with E-state index in [0.717, 1.165) is 24.6 Å². The van der Waals surface area contributed by atoms with Crippen molar-refractivity contribution in [3.8, 4) is 0 Å². The van der Waals surface area contributed by atoms with Gasteiger partial charge in [-0.1, -0.05) is 19.9 Å². The Morgan fingerprint density at radius 3 is 2.92 bits per heavy atom. The van der Waals surface area contributed by atoms with E-state index < -0.39 is 0 Å². The van der Waals surface area contributed by atoms with Gasteiger partial charge in [0.05, 0.1) is 12.7 Å². The zero-order valence-electron chi connectivity index (χ0n) is 15.7. The number of aliphatic hydroxyl groups excluding tert-OH is 1. The van der Waals surface area contributed by atoms with Gasteiger partial charge < -0.3 is 9.84 Å². The van der Waals surface area contributed by atoms with E-state index in [9.17, 15) is 5.11 Å². The van der Waals surface area contributed by atoms with Crippen LogP contribution in [0.25, 0.3) is 0 Å². The summed E-state index contributed by atoms with van der Waals surface area (Å²) in [4.78, 5) is 2.69. The van der Waals surface area contributed by atoms with E-state index >= 15 is 0 Å². The Hall–Kier alpha value is -0.380. The molecular formula is C22H33NO2. The highest BCUT2D eigenvalue weighted by molar-refractivity contribution is 5.29. The van der Waals surface area contributed by atoms with Crippen molar-refractivity contribution in [2.75, 3.05) is 19.7 Å². The summed E-state index contributed by atoms with van der Waals surface area (Å²) in [6.45, 7) is 10.2. The van der Waals surface area contributed by atoms with Crippen LogP contribution in [0.3, 0.4) is 0 Å². The van der Waals surface area contributed by atoms with Crippen molar-refractivity contribution in [3.63, 3.8) is 0 Å². The molecule has 1 unspecified atom stereocenters. The van der Waals surface area contributed by atoms with Crippen LogP contribution in [0.15, 0.2) is 12.2 Å². The molecule has 3 nitrogen and oxygen atoms in total. The molecule has 3 heteroatoms. The maximum Gasteiger partial charge on any atom is 0.117 e. The van der Waals surface area contributed by atoms with Gasteiger partial charge in [0.25, 0.3) is 0 Å². The fourth-order valence-corrected chi connectivity index (χ4v) is 9.31. The molecule has 0 aromatic heterocycles. The number of ether oxygens (including phenoxy) is 1. The largest absolute Gasteiger partial charge is 0.388 e. The van der Waals surface area contributed by atoms with E-state index in [1.54, 1.807) is 0 Å². The minimum absolute atomic E-state index is 0.115. The first kappa shape index (κ1) is 15.7. The third-order valence-corrected chi connectivity index (χ3v) is 9.95. The summed E-state index contributed by atoms with van der Waals surface area (Å²) in [6, 6.07) is 0. The fraction of sp³-hybridized carbons (Fsp3) is 0.909. The highest BCUT2D eigenvalue weighted by Crippen LogP contribution is 2.75. The summed E-state index contributed by atoms with van der Waals surface area (Å²) in [5.41, 5.74) is 2.03. The van der Waals surface area contributed by atoms with Crippen LogP contribution in [-0.2, 0) is 4.74 Å². The molecule has 0 aromatic carbocycles. The second kappa shape index (κ2) is 4.72. The zero-order chi connectivity index (χ0) is 17.0. The van der Waals surface area contributed by atoms with Crippen molar-refractivity contribution in [1.82, 2.24) is 4.90 Å². The van der Waals surface area contributed by atoms with Gasteiger partial charge in [-0.05, 0) is 73.7 Å². The fourth-order valence-electron chi connectivity index (χ4n) is 9.31. The molecule has 138 valence electrons. The molecule has 0 amide bonds. The minimum Gasteiger partial charge on any atom is -0.388 e. The van der Waals surface area contributed by atoms with Crippen LogP contribution in [0, 0.1) is 34.0 Å². The third-order valence-electron chi connectivity index (χ3n) is 9.95. The molecule has 2 heterocycles. The molecule has 1 N–H and O–H groups in total. The van der Waals surface area contributed by atoms with Crippen molar-refractivity contribution < 1.29 is 9.84 Å². The van der Waals surface area contributed by atoms with Crippen molar-refractivity contribution in [3.05, 3.63) is 12.2 Å². The molecule has 0 aromatic rings. The second-order valence-electron chi connectivity index (χ2n) is 10.6. The SMILES string of the molecule is C=C1[C@H]2CC[C@@H]3[C@@](CC[C@@H]4[C@@]5(C)CCC[C@]43C3OCCN3C5)(C2)[C@H]1O. The standard InChI is InChI=1S/C22H33NO2/c1-14-15-4-5-17-21(12-15,18(14)24)9-6-16-20(2)7-3-8-22(16,17)19-23(13-20)10-11-25-19/h15-19,24H,1,3-13H2,2H3/t15-,16+,17+,18-,19?,20-,21+,22-/m0/s1. The van der Waals surface area contributed by atoms with E-state index in [2.05, 4.69) is 18.4 Å². The quantitative estimate of drug-likeness (QED) is 0.683. The molecular weight excluding hydrogens is 310 g/mol. The van der Waals surface area contributed by atoms with Crippen molar-refractivity contribution >= 4 is 0 Å². The van der Waals surface area contributed by atoms with Gasteiger partial charge in [-0.25, -0.2) is 0 Å². The molecule has 6 fully saturated rings. The number of fused-ring (bicyclic) bond motifs is 2. The maximum absolute atomic E-state index is 11.3. The molecule has 4 saturated carbocycles. The summed E-state index contributed by atoms with van der Waals surface area (Å²) in [5.74, 6) is 2.01. The summed E-state index contributed by atoms with van der Waals surface area (Å²) in [5, 5.41) is 11.3. The lowest BCUT2D eigenvalue weighted by Gasteiger charge is -2.70. The Kier molecular flexibility index (Phi) is 2.95. The smallest absolute Gasteiger partial charge is 0.117 e. The van der Waals surface area contributed by atoms with Crippen LogP contribution < -0.4 is 0 Å². The van der Waals surface area contributed by atoms with Gasteiger partial charge in [0, 0.05) is 23.9 Å². The van der Waals surface area contributed by atoms with Crippen LogP contribution in [0.1, 0.15) is 58.3 Å². The third kappa shape index (κ3) is 1.62. The summed E-state index contributed by atoms with van der Waals surface area (Å²) >= 11 is 0. The highest BCUT2D eigenvalue weighted by atomic mass is 16.5. The van der Waals surface area contributed by atoms with Crippen molar-refractivity contribution in [2.45, 2.75) is 70.6 Å². The number of rotatable bonds is 0. The Balaban J connectivity index is 1.53. The molecule has 2 saturated heterocycles. The van der Waals surface area contributed by atoms with Crippen LogP contribution in [0.4, 0.5) is 0 Å². The predicted molar refractivity (Wildman–Crippen MR) is 96.8 cm³/mol. The zero-order valence-corrected chi connectivity index (χ0v) is 15.7. The molecule has 4 bridgehead atoms. The first-order valence-corrected chi connectivity index (χ1v) is 10.7. The van der Waals surface area contributed by atoms with Crippen molar-refractivity contribution in [1.29, 1.82) is 0 Å². The summed E-state index contributed by atoms with van der Waals surface area (Å²) in [6.07, 6.45) is 10.4. The van der Waals surface area contributed by atoms with Gasteiger partial charge in [0.1, 0.15) is 6.23 Å². The average molecular weight is 344 g/mol. The topological polar surface area (TPSA) is 32.7 Å². The highest BCUT2D eigenvalue weighted by Gasteiger charge is 2.73. The van der Waals surface area contributed by atoms with Crippen LogP contribution in [0.2, 0.25) is 0 Å². The maximum atomic E-state index is 11.3. The van der Waals surface area contributed by atoms with Crippen LogP contribution in [0.5, 0.6) is 0 Å². The monoisotopic (exact) mass is 343 g/mol. The van der Waals surface area contributed by atoms with Crippen LogP contribution >= 0.6 is 0 Å². The van der Waals surface area contributed by atoms with E-state index in [0.29, 0.717) is 23.5 Å². The normalized spacial score (nSPS) is 60.1. The Morgan fingerprint density at radius 2 is 2.04 bits per heavy atom. The van der Waals surface area contributed by atoms with E-state index in [1.165, 1.54) is 57.9 Å². The lowest BCUT2D eigenvalue weighted by Crippen LogP contribution is -2.71. The summed E-state index contributed by atoms with van der Waals surface area (Å²) < 4.78 is 6.48. The number of aliphatic hydroxyl groups is 1. The van der Waals surface area contributed by atoms with Gasteiger partial charge >= 0.3 is 0 Å². The van der Waals surface area contributed by atoms with E-state index in [4.69, 9.17) is 4.74 Å². The van der Waals surface area contributed by atoms with Gasteiger partial charge in [-0.2, -0.15) is 0 Å². The first-order chi connectivity index (χ1) is 12.0. The lowest BCUT2D eigenvalue weighted by molar-refractivity contribution is -0.276. The predicted octanol–water partition coefficient (Wildman–Crippen LogP) is 3.58. The molecule has 1 spiro atoms. The molecule has 0 radical (unpaired) electrons. The molecule has 6 aliphatic rings. The van der Waals surface area contributed by atoms with Gasteiger partial charge in [-0.15, -0.1) is 0 Å². The molecule has 2 aliphatic heterocycles. The van der Waals surface area contributed by atoms with Gasteiger partial charge in [0.15, 0.2) is 0 Å². The van der Waals surface area contributed by atoms with Gasteiger partial charge in [0.2, 0.25) is 0 Å². The number of hydrogen-bond donors (Lipinski definition) is 1. The molecule has 8 atom stereocenters. The average Bonchev–Trinajstić information content (AvgIpc) is 3.12. The Bertz CT molecular complexity index is 634. The number of nitrogens with zero attached hydrogens (tertiary/aromatic N) is 1. The number of piperidine rings is 1. The van der Waals surface area contributed by atoms with Gasteiger partial charge in [-0.3, -0.25) is 4.90 Å². The lowest BCUT2D eigenvalue weighted by atomic mass is 9.38. The minimum atomic E-state index is -0.259. The Labute approximate surface area is 151 Å². The van der Waals surface area contributed by atoms with E-state index in [-0.39, 0.29) is 16.9 Å². The van der Waals surface area contributed by atoms with Crippen molar-refractivity contribution in [2.24, 2.45) is 34.0 Å². The first-order valence-electron chi connectivity index (χ1n) is 10.7. The summed E-state index contributed by atoms with van der Waals surface area (Å²) in [7, 11) is 0. The molecule has 6 rings (SSSR count). The Morgan fingerprint density at radius 1 is 1.16 bits per heavy atom.